The molecule has 10 nitrogen and oxygen atoms in total. The van der Waals surface area contributed by atoms with Gasteiger partial charge in [0.1, 0.15) is 17.8 Å². The molecule has 0 heterocycles. The molecular formula is C18H25N3O7S. The summed E-state index contributed by atoms with van der Waals surface area (Å²) in [4.78, 5) is 47.1. The van der Waals surface area contributed by atoms with Crippen LogP contribution in [0.1, 0.15) is 18.4 Å². The van der Waals surface area contributed by atoms with Gasteiger partial charge in [0.15, 0.2) is 0 Å². The fourth-order valence-electron chi connectivity index (χ4n) is 2.41. The summed E-state index contributed by atoms with van der Waals surface area (Å²) in [5, 5.41) is 32.0. The molecule has 0 spiro atoms. The van der Waals surface area contributed by atoms with Crippen LogP contribution < -0.4 is 16.4 Å². The Hall–Kier alpha value is -2.79. The normalized spacial score (nSPS) is 13.7. The Kier molecular flexibility index (Phi) is 9.97. The standard InChI is InChI=1S/C18H25N3O7S/c1-29-7-6-13(18(27)28)20-17(26)14(9-15(23)24)21-16(25)12(19)8-10-2-4-11(22)5-3-10/h2-5,12-14,22H,6-9,19H2,1H3,(H,20,26)(H,21,25)(H,23,24)(H,27,28). The Morgan fingerprint density at radius 1 is 1.03 bits per heavy atom. The number of carboxylic acid groups (broad SMARTS) is 2. The summed E-state index contributed by atoms with van der Waals surface area (Å²) in [6.45, 7) is 0. The van der Waals surface area contributed by atoms with Crippen molar-refractivity contribution in [2.24, 2.45) is 5.73 Å². The molecule has 3 unspecified atom stereocenters. The fourth-order valence-corrected chi connectivity index (χ4v) is 2.88. The molecule has 29 heavy (non-hydrogen) atoms. The molecule has 0 fully saturated rings. The van der Waals surface area contributed by atoms with E-state index in [-0.39, 0.29) is 18.6 Å². The number of nitrogens with one attached hydrogen (secondary N) is 2. The van der Waals surface area contributed by atoms with Gasteiger partial charge >= 0.3 is 11.9 Å². The maximum absolute atomic E-state index is 12.4. The third-order valence-electron chi connectivity index (χ3n) is 3.97. The molecule has 0 saturated heterocycles. The molecule has 0 radical (unpaired) electrons. The number of hydrogen-bond acceptors (Lipinski definition) is 7. The highest BCUT2D eigenvalue weighted by Crippen LogP contribution is 2.11. The molecule has 11 heteroatoms. The number of thioether (sulfide) groups is 1. The number of benzene rings is 1. The average molecular weight is 427 g/mol. The lowest BCUT2D eigenvalue weighted by molar-refractivity contribution is -0.143. The maximum Gasteiger partial charge on any atom is 0.326 e. The number of rotatable bonds is 12. The molecule has 7 N–H and O–H groups in total. The fraction of sp³-hybridized carbons (Fsp3) is 0.444. The first kappa shape index (κ1) is 24.2. The minimum absolute atomic E-state index is 0.0550. The van der Waals surface area contributed by atoms with Gasteiger partial charge in [-0.25, -0.2) is 4.79 Å². The molecule has 2 amide bonds. The van der Waals surface area contributed by atoms with Crippen LogP contribution in [0.3, 0.4) is 0 Å². The molecule has 0 saturated carbocycles. The van der Waals surface area contributed by atoms with E-state index in [4.69, 9.17) is 10.8 Å². The molecule has 1 rings (SSSR count). The van der Waals surface area contributed by atoms with Gasteiger partial charge < -0.3 is 31.7 Å². The zero-order valence-corrected chi connectivity index (χ0v) is 16.6. The second-order valence-electron chi connectivity index (χ2n) is 6.32. The number of phenolic OH excluding ortho intramolecular Hbond substituents is 1. The average Bonchev–Trinajstić information content (AvgIpc) is 2.65. The van der Waals surface area contributed by atoms with Crippen LogP contribution in [0.5, 0.6) is 5.75 Å². The predicted octanol–water partition coefficient (Wildman–Crippen LogP) is -0.456. The Bertz CT molecular complexity index is 727. The van der Waals surface area contributed by atoms with Crippen LogP contribution in [0.25, 0.3) is 0 Å². The molecule has 1 aromatic carbocycles. The monoisotopic (exact) mass is 427 g/mol. The first-order valence-electron chi connectivity index (χ1n) is 8.71. The zero-order valence-electron chi connectivity index (χ0n) is 15.8. The SMILES string of the molecule is CSCCC(NC(=O)C(CC(=O)O)NC(=O)C(N)Cc1ccc(O)cc1)C(=O)O. The van der Waals surface area contributed by atoms with Crippen LogP contribution in [-0.2, 0) is 25.6 Å². The van der Waals surface area contributed by atoms with E-state index in [2.05, 4.69) is 10.6 Å². The minimum atomic E-state index is -1.47. The molecule has 0 aliphatic rings. The van der Waals surface area contributed by atoms with Crippen molar-refractivity contribution in [1.82, 2.24) is 10.6 Å². The van der Waals surface area contributed by atoms with Crippen molar-refractivity contribution in [3.05, 3.63) is 29.8 Å². The molecule has 0 aliphatic carbocycles. The highest BCUT2D eigenvalue weighted by Gasteiger charge is 2.29. The van der Waals surface area contributed by atoms with E-state index in [1.54, 1.807) is 18.4 Å². The van der Waals surface area contributed by atoms with Gasteiger partial charge in [-0.2, -0.15) is 11.8 Å². The number of aliphatic carboxylic acids is 2. The number of carboxylic acids is 2. The highest BCUT2D eigenvalue weighted by atomic mass is 32.2. The minimum Gasteiger partial charge on any atom is -0.508 e. The van der Waals surface area contributed by atoms with Crippen molar-refractivity contribution in [3.8, 4) is 5.75 Å². The summed E-state index contributed by atoms with van der Waals surface area (Å²) >= 11 is 1.40. The van der Waals surface area contributed by atoms with Gasteiger partial charge in [0.25, 0.3) is 0 Å². The van der Waals surface area contributed by atoms with Gasteiger partial charge in [-0.3, -0.25) is 14.4 Å². The van der Waals surface area contributed by atoms with Crippen LogP contribution in [0, 0.1) is 0 Å². The van der Waals surface area contributed by atoms with Crippen molar-refractivity contribution in [2.75, 3.05) is 12.0 Å². The van der Waals surface area contributed by atoms with Crippen LogP contribution in [-0.4, -0.2) is 69.2 Å². The smallest absolute Gasteiger partial charge is 0.326 e. The van der Waals surface area contributed by atoms with Crippen LogP contribution in [0.4, 0.5) is 0 Å². The van der Waals surface area contributed by atoms with Crippen molar-refractivity contribution >= 4 is 35.5 Å². The van der Waals surface area contributed by atoms with E-state index in [1.807, 2.05) is 0 Å². The summed E-state index contributed by atoms with van der Waals surface area (Å²) in [6.07, 6.45) is 1.30. The lowest BCUT2D eigenvalue weighted by atomic mass is 10.0. The zero-order chi connectivity index (χ0) is 22.0. The molecule has 0 aromatic heterocycles. The first-order chi connectivity index (χ1) is 13.6. The summed E-state index contributed by atoms with van der Waals surface area (Å²) in [6, 6.07) is 2.27. The van der Waals surface area contributed by atoms with Crippen LogP contribution in [0.15, 0.2) is 24.3 Å². The molecule has 160 valence electrons. The van der Waals surface area contributed by atoms with Gasteiger partial charge in [-0.15, -0.1) is 0 Å². The molecular weight excluding hydrogens is 402 g/mol. The Labute approximate surface area is 171 Å². The molecule has 0 bridgehead atoms. The molecule has 3 atom stereocenters. The van der Waals surface area contributed by atoms with Gasteiger partial charge in [-0.05, 0) is 42.5 Å². The number of nitrogens with two attached hydrogens (primary N) is 1. The second kappa shape index (κ2) is 11.9. The number of aromatic hydroxyl groups is 1. The quantitative estimate of drug-likeness (QED) is 0.257. The van der Waals surface area contributed by atoms with Crippen molar-refractivity contribution in [1.29, 1.82) is 0 Å². The number of carbonyl (C=O) groups excluding carboxylic acids is 2. The lowest BCUT2D eigenvalue weighted by Gasteiger charge is -2.22. The van der Waals surface area contributed by atoms with Crippen LogP contribution >= 0.6 is 11.8 Å². The topological polar surface area (TPSA) is 179 Å². The van der Waals surface area contributed by atoms with E-state index in [0.29, 0.717) is 11.3 Å². The summed E-state index contributed by atoms with van der Waals surface area (Å²) < 4.78 is 0. The summed E-state index contributed by atoms with van der Waals surface area (Å²) in [5.41, 5.74) is 6.49. The molecule has 1 aromatic rings. The molecule has 0 aliphatic heterocycles. The third-order valence-corrected chi connectivity index (χ3v) is 4.61. The Balaban J connectivity index is 2.78. The summed E-state index contributed by atoms with van der Waals surface area (Å²) in [5.74, 6) is -3.73. The number of amides is 2. The third kappa shape index (κ3) is 8.83. The second-order valence-corrected chi connectivity index (χ2v) is 7.30. The predicted molar refractivity (Wildman–Crippen MR) is 107 cm³/mol. The number of hydrogen-bond donors (Lipinski definition) is 6. The van der Waals surface area contributed by atoms with E-state index in [9.17, 15) is 29.4 Å². The highest BCUT2D eigenvalue weighted by molar-refractivity contribution is 7.98. The van der Waals surface area contributed by atoms with E-state index in [1.165, 1.54) is 23.9 Å². The summed E-state index contributed by atoms with van der Waals surface area (Å²) in [7, 11) is 0. The van der Waals surface area contributed by atoms with E-state index in [0.717, 1.165) is 0 Å². The first-order valence-corrected chi connectivity index (χ1v) is 10.1. The lowest BCUT2D eigenvalue weighted by Crippen LogP contribution is -2.55. The van der Waals surface area contributed by atoms with Crippen molar-refractivity contribution < 1.29 is 34.5 Å². The Morgan fingerprint density at radius 2 is 1.62 bits per heavy atom. The van der Waals surface area contributed by atoms with Gasteiger partial charge in [0, 0.05) is 0 Å². The van der Waals surface area contributed by atoms with Gasteiger partial charge in [-0.1, -0.05) is 12.1 Å². The Morgan fingerprint density at radius 3 is 2.14 bits per heavy atom. The van der Waals surface area contributed by atoms with E-state index >= 15 is 0 Å². The van der Waals surface area contributed by atoms with Crippen molar-refractivity contribution in [2.45, 2.75) is 37.4 Å². The van der Waals surface area contributed by atoms with Gasteiger partial charge in [0.05, 0.1) is 12.5 Å². The van der Waals surface area contributed by atoms with Gasteiger partial charge in [0.2, 0.25) is 11.8 Å². The number of carbonyl (C=O) groups is 4. The largest absolute Gasteiger partial charge is 0.508 e. The van der Waals surface area contributed by atoms with Crippen molar-refractivity contribution in [3.63, 3.8) is 0 Å². The number of phenols is 1. The van der Waals surface area contributed by atoms with E-state index < -0.39 is 48.3 Å². The maximum atomic E-state index is 12.4. The van der Waals surface area contributed by atoms with Crippen LogP contribution in [0.2, 0.25) is 0 Å².